The second-order valence-corrected chi connectivity index (χ2v) is 4.49. The molecule has 1 aromatic rings. The van der Waals surface area contributed by atoms with Crippen LogP contribution in [0.25, 0.3) is 0 Å². The van der Waals surface area contributed by atoms with Gasteiger partial charge in [-0.2, -0.15) is 0 Å². The Morgan fingerprint density at radius 2 is 2.00 bits per heavy atom. The number of ether oxygens (including phenoxy) is 1. The normalized spacial score (nSPS) is 12.3. The maximum absolute atomic E-state index is 10.6. The van der Waals surface area contributed by atoms with Crippen LogP contribution in [0.1, 0.15) is 38.3 Å². The van der Waals surface area contributed by atoms with Crippen LogP contribution in [0.2, 0.25) is 0 Å². The van der Waals surface area contributed by atoms with E-state index in [2.05, 4.69) is 12.2 Å². The van der Waals surface area contributed by atoms with E-state index in [1.54, 1.807) is 12.1 Å². The van der Waals surface area contributed by atoms with E-state index in [0.717, 1.165) is 38.2 Å². The third kappa shape index (κ3) is 5.81. The van der Waals surface area contributed by atoms with Crippen LogP contribution in [0.5, 0.6) is 0 Å². The monoisotopic (exact) mass is 266 g/mol. The number of rotatable bonds is 9. The number of nitro groups is 1. The first-order valence-corrected chi connectivity index (χ1v) is 6.70. The first kappa shape index (κ1) is 15.6. The Morgan fingerprint density at radius 3 is 2.58 bits per heavy atom. The lowest BCUT2D eigenvalue weighted by atomic mass is 10.1. The Bertz CT molecular complexity index is 379. The third-order valence-electron chi connectivity index (χ3n) is 2.87. The molecule has 0 saturated heterocycles. The van der Waals surface area contributed by atoms with Crippen molar-refractivity contribution < 1.29 is 9.66 Å². The van der Waals surface area contributed by atoms with Crippen molar-refractivity contribution in [3.05, 3.63) is 39.9 Å². The topological polar surface area (TPSA) is 64.4 Å². The van der Waals surface area contributed by atoms with Crippen LogP contribution in [0.15, 0.2) is 24.3 Å². The highest BCUT2D eigenvalue weighted by Gasteiger charge is 2.08. The molecule has 0 aromatic heterocycles. The van der Waals surface area contributed by atoms with Crippen molar-refractivity contribution in [1.82, 2.24) is 5.32 Å². The quantitative estimate of drug-likeness (QED) is 0.424. The summed E-state index contributed by atoms with van der Waals surface area (Å²) < 4.78 is 5.40. The van der Waals surface area contributed by atoms with Crippen LogP contribution in [0.3, 0.4) is 0 Å². The van der Waals surface area contributed by atoms with Gasteiger partial charge >= 0.3 is 0 Å². The molecule has 0 radical (unpaired) electrons. The summed E-state index contributed by atoms with van der Waals surface area (Å²) in [5.41, 5.74) is 1.18. The predicted octanol–water partition coefficient (Wildman–Crippen LogP) is 3.06. The Hall–Kier alpha value is -1.46. The largest absolute Gasteiger partial charge is 0.381 e. The molecule has 0 amide bonds. The molecule has 1 unspecified atom stereocenters. The highest BCUT2D eigenvalue weighted by Crippen LogP contribution is 2.17. The van der Waals surface area contributed by atoms with Crippen LogP contribution in [-0.2, 0) is 4.74 Å². The molecule has 5 heteroatoms. The van der Waals surface area contributed by atoms with E-state index in [4.69, 9.17) is 4.74 Å². The summed E-state index contributed by atoms with van der Waals surface area (Å²) in [5.74, 6) is 0. The minimum atomic E-state index is -0.382. The van der Waals surface area contributed by atoms with Crippen molar-refractivity contribution in [2.45, 2.75) is 32.7 Å². The fourth-order valence-corrected chi connectivity index (χ4v) is 1.74. The standard InChI is InChI=1S/C14H22N2O3/c1-3-10-19-11-4-9-15-12(2)13-5-7-14(8-6-13)16(17)18/h5-8,12,15H,3-4,9-11H2,1-2H3. The minimum Gasteiger partial charge on any atom is -0.381 e. The number of non-ortho nitro benzene ring substituents is 1. The second-order valence-electron chi connectivity index (χ2n) is 4.49. The van der Waals surface area contributed by atoms with E-state index in [9.17, 15) is 10.1 Å². The van der Waals surface area contributed by atoms with Gasteiger partial charge in [0.25, 0.3) is 5.69 Å². The molecule has 0 aliphatic heterocycles. The lowest BCUT2D eigenvalue weighted by Crippen LogP contribution is -2.21. The molecule has 0 heterocycles. The number of nitro benzene ring substituents is 1. The summed E-state index contributed by atoms with van der Waals surface area (Å²) in [6, 6.07) is 6.86. The van der Waals surface area contributed by atoms with E-state index in [1.807, 2.05) is 6.92 Å². The fraction of sp³-hybridized carbons (Fsp3) is 0.571. The molecular formula is C14H22N2O3. The maximum Gasteiger partial charge on any atom is 0.269 e. The number of hydrogen-bond donors (Lipinski definition) is 1. The number of nitrogens with zero attached hydrogens (tertiary/aromatic N) is 1. The molecule has 0 saturated carbocycles. The van der Waals surface area contributed by atoms with Gasteiger partial charge in [0, 0.05) is 31.4 Å². The molecule has 1 atom stereocenters. The molecule has 1 rings (SSSR count). The van der Waals surface area contributed by atoms with Crippen molar-refractivity contribution >= 4 is 5.69 Å². The second kappa shape index (κ2) is 8.61. The van der Waals surface area contributed by atoms with Crippen molar-refractivity contribution in [2.24, 2.45) is 0 Å². The Balaban J connectivity index is 2.29. The minimum absolute atomic E-state index is 0.129. The van der Waals surface area contributed by atoms with Crippen LogP contribution in [0, 0.1) is 10.1 Å². The van der Waals surface area contributed by atoms with Gasteiger partial charge in [0.15, 0.2) is 0 Å². The SMILES string of the molecule is CCCOCCCNC(C)c1ccc([N+](=O)[O-])cc1. The molecule has 0 spiro atoms. The van der Waals surface area contributed by atoms with Crippen LogP contribution < -0.4 is 5.32 Å². The van der Waals surface area contributed by atoms with Gasteiger partial charge in [0.05, 0.1) is 4.92 Å². The highest BCUT2D eigenvalue weighted by atomic mass is 16.6. The Morgan fingerprint density at radius 1 is 1.32 bits per heavy atom. The van der Waals surface area contributed by atoms with Gasteiger partial charge in [0.2, 0.25) is 0 Å². The summed E-state index contributed by atoms with van der Waals surface area (Å²) in [5, 5.41) is 13.9. The molecular weight excluding hydrogens is 244 g/mol. The van der Waals surface area contributed by atoms with Gasteiger partial charge in [0.1, 0.15) is 0 Å². The number of nitrogens with one attached hydrogen (secondary N) is 1. The van der Waals surface area contributed by atoms with Crippen molar-refractivity contribution in [3.63, 3.8) is 0 Å². The number of hydrogen-bond acceptors (Lipinski definition) is 4. The molecule has 0 fully saturated rings. The average Bonchev–Trinajstić information content (AvgIpc) is 2.42. The van der Waals surface area contributed by atoms with E-state index in [0.29, 0.717) is 0 Å². The van der Waals surface area contributed by atoms with E-state index in [-0.39, 0.29) is 16.7 Å². The summed E-state index contributed by atoms with van der Waals surface area (Å²) in [6.07, 6.45) is 2.02. The van der Waals surface area contributed by atoms with Crippen molar-refractivity contribution in [1.29, 1.82) is 0 Å². The maximum atomic E-state index is 10.6. The van der Waals surface area contributed by atoms with Gasteiger partial charge in [-0.25, -0.2) is 0 Å². The summed E-state index contributed by atoms with van der Waals surface area (Å²) in [7, 11) is 0. The van der Waals surface area contributed by atoms with E-state index >= 15 is 0 Å². The lowest BCUT2D eigenvalue weighted by Gasteiger charge is -2.14. The van der Waals surface area contributed by atoms with E-state index in [1.165, 1.54) is 12.1 Å². The summed E-state index contributed by atoms with van der Waals surface area (Å²) in [6.45, 7) is 6.61. The molecule has 5 nitrogen and oxygen atoms in total. The molecule has 0 aliphatic carbocycles. The Kier molecular flexibility index (Phi) is 7.07. The average molecular weight is 266 g/mol. The molecule has 1 N–H and O–H groups in total. The summed E-state index contributed by atoms with van der Waals surface area (Å²) >= 11 is 0. The van der Waals surface area contributed by atoms with Crippen LogP contribution >= 0.6 is 0 Å². The van der Waals surface area contributed by atoms with Gasteiger partial charge in [-0.1, -0.05) is 19.1 Å². The van der Waals surface area contributed by atoms with Gasteiger partial charge in [-0.3, -0.25) is 10.1 Å². The smallest absolute Gasteiger partial charge is 0.269 e. The molecule has 0 aliphatic rings. The lowest BCUT2D eigenvalue weighted by molar-refractivity contribution is -0.384. The Labute approximate surface area is 114 Å². The highest BCUT2D eigenvalue weighted by molar-refractivity contribution is 5.33. The van der Waals surface area contributed by atoms with Gasteiger partial charge in [-0.15, -0.1) is 0 Å². The van der Waals surface area contributed by atoms with Gasteiger partial charge < -0.3 is 10.1 Å². The fourth-order valence-electron chi connectivity index (χ4n) is 1.74. The van der Waals surface area contributed by atoms with Crippen molar-refractivity contribution in [2.75, 3.05) is 19.8 Å². The van der Waals surface area contributed by atoms with Gasteiger partial charge in [-0.05, 0) is 31.9 Å². The molecule has 106 valence electrons. The van der Waals surface area contributed by atoms with E-state index < -0.39 is 0 Å². The zero-order chi connectivity index (χ0) is 14.1. The zero-order valence-electron chi connectivity index (χ0n) is 11.6. The first-order valence-electron chi connectivity index (χ1n) is 6.70. The zero-order valence-corrected chi connectivity index (χ0v) is 11.6. The van der Waals surface area contributed by atoms with Crippen molar-refractivity contribution in [3.8, 4) is 0 Å². The van der Waals surface area contributed by atoms with Crippen LogP contribution in [0.4, 0.5) is 5.69 Å². The number of benzene rings is 1. The first-order chi connectivity index (χ1) is 9.15. The van der Waals surface area contributed by atoms with Crippen LogP contribution in [-0.4, -0.2) is 24.7 Å². The molecule has 19 heavy (non-hydrogen) atoms. The predicted molar refractivity (Wildman–Crippen MR) is 75.2 cm³/mol. The molecule has 1 aromatic carbocycles. The third-order valence-corrected chi connectivity index (χ3v) is 2.87. The summed E-state index contributed by atoms with van der Waals surface area (Å²) in [4.78, 5) is 10.2. The molecule has 0 bridgehead atoms.